The third-order valence-electron chi connectivity index (χ3n) is 4.85. The van der Waals surface area contributed by atoms with Gasteiger partial charge in [-0.1, -0.05) is 23.8 Å². The van der Waals surface area contributed by atoms with Crippen molar-refractivity contribution in [3.8, 4) is 11.1 Å². The number of hydrogen-bond donors (Lipinski definition) is 1. The average molecular weight is 308 g/mol. The number of aryl methyl sites for hydroxylation is 1. The van der Waals surface area contributed by atoms with Crippen LogP contribution in [0.4, 0.5) is 4.39 Å². The molecule has 4 rings (SSSR count). The quantitative estimate of drug-likeness (QED) is 0.727. The minimum Gasteiger partial charge on any atom is -0.344 e. The van der Waals surface area contributed by atoms with Gasteiger partial charge < -0.3 is 9.88 Å². The molecule has 2 heterocycles. The summed E-state index contributed by atoms with van der Waals surface area (Å²) >= 11 is 0. The molecule has 0 atom stereocenters. The van der Waals surface area contributed by atoms with Crippen LogP contribution in [0.5, 0.6) is 0 Å². The zero-order chi connectivity index (χ0) is 15.8. The Balaban J connectivity index is 1.89. The van der Waals surface area contributed by atoms with Crippen LogP contribution < -0.4 is 5.32 Å². The first kappa shape index (κ1) is 14.5. The van der Waals surface area contributed by atoms with Gasteiger partial charge in [0.2, 0.25) is 0 Å². The van der Waals surface area contributed by atoms with Gasteiger partial charge in [0, 0.05) is 28.7 Å². The first-order chi connectivity index (χ1) is 11.2. The lowest BCUT2D eigenvalue weighted by Crippen LogP contribution is -2.29. The van der Waals surface area contributed by atoms with Crippen LogP contribution in [0.25, 0.3) is 22.0 Å². The number of benzene rings is 2. The minimum atomic E-state index is -0.188. The molecule has 1 aliphatic rings. The van der Waals surface area contributed by atoms with Crippen molar-refractivity contribution in [2.45, 2.75) is 25.8 Å². The van der Waals surface area contributed by atoms with Crippen LogP contribution in [0.3, 0.4) is 0 Å². The summed E-state index contributed by atoms with van der Waals surface area (Å²) in [5, 5.41) is 4.69. The van der Waals surface area contributed by atoms with Gasteiger partial charge in [0.15, 0.2) is 0 Å². The van der Waals surface area contributed by atoms with Gasteiger partial charge in [0.05, 0.1) is 0 Å². The molecule has 2 aromatic carbocycles. The normalized spacial score (nSPS) is 16.1. The summed E-state index contributed by atoms with van der Waals surface area (Å²) in [6.07, 6.45) is 4.56. The van der Waals surface area contributed by atoms with E-state index in [1.54, 1.807) is 12.1 Å². The molecule has 0 bridgehead atoms. The number of nitrogens with one attached hydrogen (secondary N) is 1. The van der Waals surface area contributed by atoms with Gasteiger partial charge in [-0.15, -0.1) is 0 Å². The lowest BCUT2D eigenvalue weighted by atomic mass is 10.0. The molecule has 1 aliphatic heterocycles. The number of halogens is 1. The molecule has 23 heavy (non-hydrogen) atoms. The molecule has 0 amide bonds. The Labute approximate surface area is 135 Å². The zero-order valence-corrected chi connectivity index (χ0v) is 13.3. The summed E-state index contributed by atoms with van der Waals surface area (Å²) in [5.74, 6) is -0.188. The average Bonchev–Trinajstić information content (AvgIpc) is 2.95. The van der Waals surface area contributed by atoms with Gasteiger partial charge in [0.1, 0.15) is 5.82 Å². The highest BCUT2D eigenvalue weighted by molar-refractivity contribution is 5.96. The highest BCUT2D eigenvalue weighted by Gasteiger charge is 2.19. The fourth-order valence-corrected chi connectivity index (χ4v) is 3.62. The monoisotopic (exact) mass is 308 g/mol. The van der Waals surface area contributed by atoms with Crippen molar-refractivity contribution >= 4 is 10.9 Å². The zero-order valence-electron chi connectivity index (χ0n) is 13.3. The molecule has 3 heteroatoms. The SMILES string of the molecule is Cc1ccc2c(c1)c(-c1ccc(F)cc1)cn2C1CCNCC1. The Kier molecular flexibility index (Phi) is 3.66. The summed E-state index contributed by atoms with van der Waals surface area (Å²) < 4.78 is 15.7. The molecule has 0 radical (unpaired) electrons. The van der Waals surface area contributed by atoms with Crippen molar-refractivity contribution in [1.29, 1.82) is 0 Å². The molecular weight excluding hydrogens is 287 g/mol. The van der Waals surface area contributed by atoms with E-state index >= 15 is 0 Å². The molecule has 1 saturated heterocycles. The summed E-state index contributed by atoms with van der Waals surface area (Å²) in [6.45, 7) is 4.26. The second kappa shape index (κ2) is 5.82. The Bertz CT molecular complexity index is 827. The van der Waals surface area contributed by atoms with E-state index in [0.717, 1.165) is 31.5 Å². The van der Waals surface area contributed by atoms with Gasteiger partial charge in [-0.2, -0.15) is 0 Å². The lowest BCUT2D eigenvalue weighted by Gasteiger charge is -2.25. The maximum absolute atomic E-state index is 13.3. The summed E-state index contributed by atoms with van der Waals surface area (Å²) in [4.78, 5) is 0. The minimum absolute atomic E-state index is 0.188. The smallest absolute Gasteiger partial charge is 0.123 e. The van der Waals surface area contributed by atoms with Gasteiger partial charge >= 0.3 is 0 Å². The van der Waals surface area contributed by atoms with E-state index in [0.29, 0.717) is 6.04 Å². The number of rotatable bonds is 2. The van der Waals surface area contributed by atoms with Crippen LogP contribution in [-0.4, -0.2) is 17.7 Å². The molecule has 0 unspecified atom stereocenters. The topological polar surface area (TPSA) is 17.0 Å². The largest absolute Gasteiger partial charge is 0.344 e. The molecule has 1 aromatic heterocycles. The van der Waals surface area contributed by atoms with E-state index in [1.165, 1.54) is 22.0 Å². The predicted molar refractivity (Wildman–Crippen MR) is 93.2 cm³/mol. The molecule has 0 aliphatic carbocycles. The standard InChI is InChI=1S/C20H21FN2/c1-14-2-7-20-18(12-14)19(15-3-5-16(21)6-4-15)13-23(20)17-8-10-22-11-9-17/h2-7,12-13,17,22H,8-11H2,1H3. The van der Waals surface area contributed by atoms with Crippen LogP contribution in [0, 0.1) is 12.7 Å². The molecular formula is C20H21FN2. The third kappa shape index (κ3) is 2.66. The fraction of sp³-hybridized carbons (Fsp3) is 0.300. The van der Waals surface area contributed by atoms with Crippen molar-refractivity contribution in [2.75, 3.05) is 13.1 Å². The number of fused-ring (bicyclic) bond motifs is 1. The van der Waals surface area contributed by atoms with Crippen molar-refractivity contribution in [3.63, 3.8) is 0 Å². The van der Waals surface area contributed by atoms with E-state index < -0.39 is 0 Å². The van der Waals surface area contributed by atoms with Gasteiger partial charge in [0.25, 0.3) is 0 Å². The van der Waals surface area contributed by atoms with E-state index in [2.05, 4.69) is 41.2 Å². The van der Waals surface area contributed by atoms with Crippen molar-refractivity contribution < 1.29 is 4.39 Å². The number of aromatic nitrogens is 1. The van der Waals surface area contributed by atoms with Crippen LogP contribution in [0.15, 0.2) is 48.7 Å². The highest BCUT2D eigenvalue weighted by Crippen LogP contribution is 2.35. The molecule has 0 saturated carbocycles. The molecule has 3 aromatic rings. The number of piperidine rings is 1. The van der Waals surface area contributed by atoms with Crippen molar-refractivity contribution in [2.24, 2.45) is 0 Å². The summed E-state index contributed by atoms with van der Waals surface area (Å²) in [7, 11) is 0. The maximum Gasteiger partial charge on any atom is 0.123 e. The van der Waals surface area contributed by atoms with Gasteiger partial charge in [-0.25, -0.2) is 4.39 Å². The second-order valence-electron chi connectivity index (χ2n) is 6.46. The van der Waals surface area contributed by atoms with Crippen LogP contribution in [-0.2, 0) is 0 Å². The third-order valence-corrected chi connectivity index (χ3v) is 4.85. The molecule has 118 valence electrons. The Morgan fingerprint density at radius 3 is 2.52 bits per heavy atom. The first-order valence-electron chi connectivity index (χ1n) is 8.30. The predicted octanol–water partition coefficient (Wildman–Crippen LogP) is 4.68. The highest BCUT2D eigenvalue weighted by atomic mass is 19.1. The fourth-order valence-electron chi connectivity index (χ4n) is 3.62. The molecule has 1 fully saturated rings. The van der Waals surface area contributed by atoms with E-state index in [-0.39, 0.29) is 5.82 Å². The number of hydrogen-bond acceptors (Lipinski definition) is 1. The van der Waals surface area contributed by atoms with Crippen LogP contribution >= 0.6 is 0 Å². The Hall–Kier alpha value is -2.13. The molecule has 2 nitrogen and oxygen atoms in total. The second-order valence-corrected chi connectivity index (χ2v) is 6.46. The van der Waals surface area contributed by atoms with Crippen molar-refractivity contribution in [3.05, 3.63) is 60.0 Å². The molecule has 0 spiro atoms. The van der Waals surface area contributed by atoms with E-state index in [4.69, 9.17) is 0 Å². The van der Waals surface area contributed by atoms with E-state index in [1.807, 2.05) is 12.1 Å². The van der Waals surface area contributed by atoms with Gasteiger partial charge in [-0.05, 0) is 62.7 Å². The summed E-state index contributed by atoms with van der Waals surface area (Å²) in [5.41, 5.74) is 4.81. The van der Waals surface area contributed by atoms with Crippen LogP contribution in [0.2, 0.25) is 0 Å². The summed E-state index contributed by atoms with van der Waals surface area (Å²) in [6, 6.07) is 14.0. The Morgan fingerprint density at radius 2 is 1.78 bits per heavy atom. The van der Waals surface area contributed by atoms with Crippen LogP contribution in [0.1, 0.15) is 24.4 Å². The van der Waals surface area contributed by atoms with E-state index in [9.17, 15) is 4.39 Å². The Morgan fingerprint density at radius 1 is 1.04 bits per heavy atom. The first-order valence-corrected chi connectivity index (χ1v) is 8.30. The van der Waals surface area contributed by atoms with Crippen molar-refractivity contribution in [1.82, 2.24) is 9.88 Å². The molecule has 1 N–H and O–H groups in total. The number of nitrogens with zero attached hydrogens (tertiary/aromatic N) is 1. The van der Waals surface area contributed by atoms with Gasteiger partial charge in [-0.3, -0.25) is 0 Å². The lowest BCUT2D eigenvalue weighted by molar-refractivity contribution is 0.376. The maximum atomic E-state index is 13.3.